The van der Waals surface area contributed by atoms with Crippen LogP contribution in [0.25, 0.3) is 0 Å². The van der Waals surface area contributed by atoms with E-state index in [1.807, 2.05) is 42.5 Å². The predicted octanol–water partition coefficient (Wildman–Crippen LogP) is 3.21. The summed E-state index contributed by atoms with van der Waals surface area (Å²) in [6, 6.07) is 15.6. The van der Waals surface area contributed by atoms with Crippen molar-refractivity contribution in [3.8, 4) is 5.75 Å². The Hall–Kier alpha value is -2.53. The first-order chi connectivity index (χ1) is 10.7. The van der Waals surface area contributed by atoms with Crippen LogP contribution in [0, 0.1) is 0 Å². The molecule has 0 saturated carbocycles. The largest absolute Gasteiger partial charge is 0.489 e. The zero-order valence-corrected chi connectivity index (χ0v) is 12.5. The number of benzene rings is 2. The molecule has 112 valence electrons. The Morgan fingerprint density at radius 2 is 1.91 bits per heavy atom. The van der Waals surface area contributed by atoms with Gasteiger partial charge < -0.3 is 10.5 Å². The van der Waals surface area contributed by atoms with Gasteiger partial charge in [0, 0.05) is 11.4 Å². The lowest BCUT2D eigenvalue weighted by molar-refractivity contribution is 0.306. The molecule has 1 heterocycles. The number of H-pyrrole nitrogens is 1. The minimum atomic E-state index is 0.234. The molecule has 0 saturated heterocycles. The highest BCUT2D eigenvalue weighted by molar-refractivity contribution is 6.30. The molecule has 0 aliphatic heterocycles. The molecule has 5 nitrogen and oxygen atoms in total. The Bertz CT molecular complexity index is 758. The number of ether oxygens (including phenoxy) is 1. The molecule has 0 aliphatic rings. The maximum atomic E-state index is 6.15. The molecule has 6 heteroatoms. The van der Waals surface area contributed by atoms with E-state index in [9.17, 15) is 0 Å². The van der Waals surface area contributed by atoms with Crippen LogP contribution in [0.2, 0.25) is 5.02 Å². The highest BCUT2D eigenvalue weighted by Gasteiger charge is 2.06. The summed E-state index contributed by atoms with van der Waals surface area (Å²) in [7, 11) is 0. The highest BCUT2D eigenvalue weighted by atomic mass is 35.5. The lowest BCUT2D eigenvalue weighted by Gasteiger charge is -2.09. The molecule has 0 amide bonds. The molecule has 2 aromatic carbocycles. The quantitative estimate of drug-likeness (QED) is 0.758. The Morgan fingerprint density at radius 3 is 2.64 bits per heavy atom. The molecule has 0 spiro atoms. The molecule has 0 fully saturated rings. The van der Waals surface area contributed by atoms with Gasteiger partial charge in [0.1, 0.15) is 18.2 Å². The summed E-state index contributed by atoms with van der Waals surface area (Å²) in [5.74, 6) is 1.64. The van der Waals surface area contributed by atoms with Crippen LogP contribution in [0.5, 0.6) is 5.75 Å². The smallest absolute Gasteiger partial charge is 0.239 e. The van der Waals surface area contributed by atoms with Gasteiger partial charge in [0.2, 0.25) is 5.95 Å². The van der Waals surface area contributed by atoms with Gasteiger partial charge in [-0.2, -0.15) is 4.98 Å². The van der Waals surface area contributed by atoms with E-state index in [1.165, 1.54) is 0 Å². The zero-order valence-electron chi connectivity index (χ0n) is 11.8. The Morgan fingerprint density at radius 1 is 1.09 bits per heavy atom. The number of nitrogens with zero attached hydrogens (tertiary/aromatic N) is 2. The van der Waals surface area contributed by atoms with Gasteiger partial charge in [0.05, 0.1) is 0 Å². The number of halogens is 1. The minimum Gasteiger partial charge on any atom is -0.489 e. The van der Waals surface area contributed by atoms with Crippen molar-refractivity contribution in [3.63, 3.8) is 0 Å². The second kappa shape index (κ2) is 6.49. The molecule has 3 N–H and O–H groups in total. The molecule has 0 radical (unpaired) electrons. The first-order valence-corrected chi connectivity index (χ1v) is 7.20. The first-order valence-electron chi connectivity index (χ1n) is 6.82. The van der Waals surface area contributed by atoms with Gasteiger partial charge >= 0.3 is 0 Å². The molecule has 0 atom stereocenters. The van der Waals surface area contributed by atoms with Crippen molar-refractivity contribution in [1.82, 2.24) is 15.2 Å². The van der Waals surface area contributed by atoms with Crippen molar-refractivity contribution in [2.45, 2.75) is 13.0 Å². The fourth-order valence-electron chi connectivity index (χ4n) is 2.13. The summed E-state index contributed by atoms with van der Waals surface area (Å²) < 4.78 is 5.80. The van der Waals surface area contributed by atoms with Gasteiger partial charge in [-0.1, -0.05) is 41.9 Å². The van der Waals surface area contributed by atoms with Crippen LogP contribution in [-0.4, -0.2) is 15.2 Å². The van der Waals surface area contributed by atoms with E-state index in [-0.39, 0.29) is 5.95 Å². The third-order valence-electron chi connectivity index (χ3n) is 3.10. The number of hydrogen-bond acceptors (Lipinski definition) is 4. The van der Waals surface area contributed by atoms with Gasteiger partial charge in [-0.15, -0.1) is 5.10 Å². The Kier molecular flexibility index (Phi) is 4.25. The van der Waals surface area contributed by atoms with E-state index in [4.69, 9.17) is 22.1 Å². The first kappa shape index (κ1) is 14.4. The third kappa shape index (κ3) is 3.77. The van der Waals surface area contributed by atoms with Crippen molar-refractivity contribution in [3.05, 3.63) is 70.5 Å². The Labute approximate surface area is 133 Å². The van der Waals surface area contributed by atoms with Crippen LogP contribution in [0.1, 0.15) is 17.0 Å². The molecule has 0 aliphatic carbocycles. The summed E-state index contributed by atoms with van der Waals surface area (Å²) in [5, 5.41) is 7.21. The Balaban J connectivity index is 1.72. The number of nitrogens with two attached hydrogens (primary N) is 1. The van der Waals surface area contributed by atoms with Crippen molar-refractivity contribution in [2.24, 2.45) is 0 Å². The normalized spacial score (nSPS) is 10.6. The molecule has 3 rings (SSSR count). The van der Waals surface area contributed by atoms with Crippen molar-refractivity contribution >= 4 is 17.5 Å². The summed E-state index contributed by atoms with van der Waals surface area (Å²) in [6.07, 6.45) is 0.562. The van der Waals surface area contributed by atoms with Gasteiger partial charge in [-0.05, 0) is 29.3 Å². The van der Waals surface area contributed by atoms with Crippen LogP contribution in [0.3, 0.4) is 0 Å². The van der Waals surface area contributed by atoms with E-state index in [1.54, 1.807) is 6.07 Å². The van der Waals surface area contributed by atoms with E-state index in [2.05, 4.69) is 15.2 Å². The monoisotopic (exact) mass is 314 g/mol. The van der Waals surface area contributed by atoms with Gasteiger partial charge in [-0.3, -0.25) is 5.10 Å². The highest BCUT2D eigenvalue weighted by Crippen LogP contribution is 2.23. The van der Waals surface area contributed by atoms with Crippen molar-refractivity contribution in [2.75, 3.05) is 5.73 Å². The van der Waals surface area contributed by atoms with Crippen LogP contribution in [0.15, 0.2) is 48.5 Å². The zero-order chi connectivity index (χ0) is 15.4. The molecule has 1 aromatic heterocycles. The average Bonchev–Trinajstić information content (AvgIpc) is 2.91. The van der Waals surface area contributed by atoms with Gasteiger partial charge in [-0.25, -0.2) is 0 Å². The number of anilines is 1. The number of nitrogens with one attached hydrogen (secondary N) is 1. The summed E-state index contributed by atoms with van der Waals surface area (Å²) >= 11 is 6.15. The average molecular weight is 315 g/mol. The predicted molar refractivity (Wildman–Crippen MR) is 85.8 cm³/mol. The van der Waals surface area contributed by atoms with Crippen LogP contribution in [0.4, 0.5) is 5.95 Å². The molecule has 22 heavy (non-hydrogen) atoms. The maximum absolute atomic E-state index is 6.15. The van der Waals surface area contributed by atoms with Crippen LogP contribution in [-0.2, 0) is 13.0 Å². The molecule has 0 unspecified atom stereocenters. The van der Waals surface area contributed by atoms with Gasteiger partial charge in [0.25, 0.3) is 0 Å². The second-order valence-corrected chi connectivity index (χ2v) is 5.32. The lowest BCUT2D eigenvalue weighted by atomic mass is 10.1. The van der Waals surface area contributed by atoms with E-state index in [0.29, 0.717) is 23.9 Å². The lowest BCUT2D eigenvalue weighted by Crippen LogP contribution is -1.97. The standard InChI is InChI=1S/C16H15ClN4O/c17-13-6-12(8-15-19-16(18)21-20-15)7-14(9-13)22-10-11-4-2-1-3-5-11/h1-7,9H,8,10H2,(H3,18,19,20,21). The summed E-state index contributed by atoms with van der Waals surface area (Å²) in [6.45, 7) is 0.496. The van der Waals surface area contributed by atoms with Crippen molar-refractivity contribution in [1.29, 1.82) is 0 Å². The number of aromatic amines is 1. The molecule has 0 bridgehead atoms. The topological polar surface area (TPSA) is 76.8 Å². The number of aromatic nitrogens is 3. The second-order valence-electron chi connectivity index (χ2n) is 4.89. The van der Waals surface area contributed by atoms with Crippen molar-refractivity contribution < 1.29 is 4.74 Å². The third-order valence-corrected chi connectivity index (χ3v) is 3.32. The maximum Gasteiger partial charge on any atom is 0.239 e. The van der Waals surface area contributed by atoms with E-state index >= 15 is 0 Å². The van der Waals surface area contributed by atoms with Gasteiger partial charge in [0.15, 0.2) is 0 Å². The fourth-order valence-corrected chi connectivity index (χ4v) is 2.38. The SMILES string of the molecule is Nc1n[nH]c(Cc2cc(Cl)cc(OCc3ccccc3)c2)n1. The van der Waals surface area contributed by atoms with Crippen LogP contribution >= 0.6 is 11.6 Å². The van der Waals surface area contributed by atoms with E-state index < -0.39 is 0 Å². The summed E-state index contributed by atoms with van der Waals surface area (Å²) in [5.41, 5.74) is 7.58. The fraction of sp³-hybridized carbons (Fsp3) is 0.125. The van der Waals surface area contributed by atoms with E-state index in [0.717, 1.165) is 16.9 Å². The minimum absolute atomic E-state index is 0.234. The van der Waals surface area contributed by atoms with Crippen LogP contribution < -0.4 is 10.5 Å². The number of nitrogen functional groups attached to an aromatic ring is 1. The number of rotatable bonds is 5. The number of hydrogen-bond donors (Lipinski definition) is 2. The summed E-state index contributed by atoms with van der Waals surface area (Å²) in [4.78, 5) is 4.09. The molecule has 3 aromatic rings. The molecular weight excluding hydrogens is 300 g/mol. The molecular formula is C16H15ClN4O.